The molecule has 0 aromatic carbocycles. The van der Waals surface area contributed by atoms with Crippen LogP contribution in [-0.4, -0.2) is 36.3 Å². The van der Waals surface area contributed by atoms with E-state index in [1.807, 2.05) is 6.92 Å². The summed E-state index contributed by atoms with van der Waals surface area (Å²) in [4.78, 5) is 7.47. The molecule has 114 valence electrons. The Bertz CT molecular complexity index is 426. The van der Waals surface area contributed by atoms with Crippen LogP contribution >= 0.6 is 0 Å². The average molecular weight is 292 g/mol. The van der Waals surface area contributed by atoms with Gasteiger partial charge in [0.1, 0.15) is 5.82 Å². The Morgan fingerprint density at radius 1 is 1.30 bits per heavy atom. The van der Waals surface area contributed by atoms with Crippen molar-refractivity contribution in [1.29, 1.82) is 0 Å². The molecule has 0 radical (unpaired) electrons. The quantitative estimate of drug-likeness (QED) is 0.809. The van der Waals surface area contributed by atoms with Gasteiger partial charge in [0.05, 0.1) is 6.10 Å². The highest BCUT2D eigenvalue weighted by Crippen LogP contribution is 2.29. The molecule has 20 heavy (non-hydrogen) atoms. The summed E-state index contributed by atoms with van der Waals surface area (Å²) in [6.07, 6.45) is -3.87. The standard InChI is InChI=1S/C12H19F3N4O/c1-4-5-16-11-18-9(12(13,14)15)6-10(19-11)17-7-8(2)20-3/h6,8H,4-5,7H2,1-3H3,(H2,16,17,18,19). The van der Waals surface area contributed by atoms with Crippen molar-refractivity contribution in [1.82, 2.24) is 9.97 Å². The van der Waals surface area contributed by atoms with Gasteiger partial charge in [-0.25, -0.2) is 4.98 Å². The monoisotopic (exact) mass is 292 g/mol. The molecule has 0 aliphatic heterocycles. The maximum Gasteiger partial charge on any atom is 0.433 e. The van der Waals surface area contributed by atoms with E-state index in [0.29, 0.717) is 13.1 Å². The highest BCUT2D eigenvalue weighted by molar-refractivity contribution is 5.43. The third kappa shape index (κ3) is 5.20. The van der Waals surface area contributed by atoms with E-state index in [1.54, 1.807) is 6.92 Å². The summed E-state index contributed by atoms with van der Waals surface area (Å²) >= 11 is 0. The van der Waals surface area contributed by atoms with Crippen molar-refractivity contribution in [3.05, 3.63) is 11.8 Å². The summed E-state index contributed by atoms with van der Waals surface area (Å²) in [5.74, 6) is 0.0871. The lowest BCUT2D eigenvalue weighted by atomic mass is 10.3. The molecule has 0 spiro atoms. The van der Waals surface area contributed by atoms with Crippen molar-refractivity contribution >= 4 is 11.8 Å². The van der Waals surface area contributed by atoms with E-state index in [9.17, 15) is 13.2 Å². The molecule has 5 nitrogen and oxygen atoms in total. The first-order valence-corrected chi connectivity index (χ1v) is 6.33. The summed E-state index contributed by atoms with van der Waals surface area (Å²) in [5, 5.41) is 5.56. The number of halogens is 3. The Hall–Kier alpha value is -1.57. The van der Waals surface area contributed by atoms with Crippen LogP contribution in [-0.2, 0) is 10.9 Å². The second kappa shape index (κ2) is 7.28. The van der Waals surface area contributed by atoms with Crippen molar-refractivity contribution < 1.29 is 17.9 Å². The van der Waals surface area contributed by atoms with E-state index in [4.69, 9.17) is 4.74 Å². The molecule has 2 N–H and O–H groups in total. The maximum absolute atomic E-state index is 12.8. The summed E-state index contributed by atoms with van der Waals surface area (Å²) in [5.41, 5.74) is -0.973. The largest absolute Gasteiger partial charge is 0.433 e. The number of anilines is 2. The molecular formula is C12H19F3N4O. The Morgan fingerprint density at radius 2 is 2.00 bits per heavy atom. The Balaban J connectivity index is 2.91. The molecule has 0 fully saturated rings. The molecule has 1 heterocycles. The van der Waals surface area contributed by atoms with Gasteiger partial charge < -0.3 is 15.4 Å². The van der Waals surface area contributed by atoms with E-state index >= 15 is 0 Å². The van der Waals surface area contributed by atoms with E-state index in [2.05, 4.69) is 20.6 Å². The van der Waals surface area contributed by atoms with Crippen LogP contribution in [0.25, 0.3) is 0 Å². The molecule has 0 amide bonds. The number of nitrogens with one attached hydrogen (secondary N) is 2. The smallest absolute Gasteiger partial charge is 0.380 e. The summed E-state index contributed by atoms with van der Waals surface area (Å²) < 4.78 is 43.3. The average Bonchev–Trinajstić information content (AvgIpc) is 2.41. The number of methoxy groups -OCH3 is 1. The zero-order chi connectivity index (χ0) is 15.2. The lowest BCUT2D eigenvalue weighted by Gasteiger charge is -2.14. The van der Waals surface area contributed by atoms with Gasteiger partial charge >= 0.3 is 6.18 Å². The predicted molar refractivity (Wildman–Crippen MR) is 70.8 cm³/mol. The van der Waals surface area contributed by atoms with Crippen LogP contribution in [0.1, 0.15) is 26.0 Å². The second-order valence-corrected chi connectivity index (χ2v) is 4.31. The molecule has 1 aromatic heterocycles. The van der Waals surface area contributed by atoms with Gasteiger partial charge in [-0.1, -0.05) is 6.92 Å². The van der Waals surface area contributed by atoms with Crippen molar-refractivity contribution in [2.45, 2.75) is 32.5 Å². The first kappa shape index (κ1) is 16.5. The molecule has 0 aliphatic rings. The molecule has 0 aliphatic carbocycles. The summed E-state index contributed by atoms with van der Waals surface area (Å²) in [7, 11) is 1.53. The molecule has 0 saturated heterocycles. The fourth-order valence-electron chi connectivity index (χ4n) is 1.33. The third-order valence-corrected chi connectivity index (χ3v) is 2.52. The van der Waals surface area contributed by atoms with Gasteiger partial charge in [-0.15, -0.1) is 0 Å². The first-order chi connectivity index (χ1) is 9.36. The molecule has 0 saturated carbocycles. The highest BCUT2D eigenvalue weighted by atomic mass is 19.4. The number of alkyl halides is 3. The van der Waals surface area contributed by atoms with E-state index in [0.717, 1.165) is 12.5 Å². The van der Waals surface area contributed by atoms with Crippen molar-refractivity contribution in [3.63, 3.8) is 0 Å². The minimum Gasteiger partial charge on any atom is -0.380 e. The topological polar surface area (TPSA) is 59.1 Å². The van der Waals surface area contributed by atoms with Crippen LogP contribution in [0.5, 0.6) is 0 Å². The molecular weight excluding hydrogens is 273 g/mol. The highest BCUT2D eigenvalue weighted by Gasteiger charge is 2.33. The molecule has 8 heteroatoms. The lowest BCUT2D eigenvalue weighted by Crippen LogP contribution is -2.20. The van der Waals surface area contributed by atoms with Crippen LogP contribution in [0.4, 0.5) is 24.9 Å². The zero-order valence-corrected chi connectivity index (χ0v) is 11.7. The fraction of sp³-hybridized carbons (Fsp3) is 0.667. The van der Waals surface area contributed by atoms with E-state index in [-0.39, 0.29) is 17.9 Å². The van der Waals surface area contributed by atoms with Crippen molar-refractivity contribution in [3.8, 4) is 0 Å². The number of hydrogen-bond acceptors (Lipinski definition) is 5. The van der Waals surface area contributed by atoms with Crippen LogP contribution in [0.2, 0.25) is 0 Å². The second-order valence-electron chi connectivity index (χ2n) is 4.31. The normalized spacial score (nSPS) is 13.1. The molecule has 1 aromatic rings. The Morgan fingerprint density at radius 3 is 2.55 bits per heavy atom. The van der Waals surface area contributed by atoms with Gasteiger partial charge in [-0.05, 0) is 13.3 Å². The summed E-state index contributed by atoms with van der Waals surface area (Å²) in [6.45, 7) is 4.57. The van der Waals surface area contributed by atoms with E-state index in [1.165, 1.54) is 7.11 Å². The fourth-order valence-corrected chi connectivity index (χ4v) is 1.33. The van der Waals surface area contributed by atoms with Gasteiger partial charge in [-0.2, -0.15) is 18.2 Å². The number of aromatic nitrogens is 2. The number of nitrogens with zero attached hydrogens (tertiary/aromatic N) is 2. The third-order valence-electron chi connectivity index (χ3n) is 2.52. The molecule has 1 atom stereocenters. The minimum absolute atomic E-state index is 0.0331. The molecule has 0 bridgehead atoms. The lowest BCUT2D eigenvalue weighted by molar-refractivity contribution is -0.141. The molecule has 1 unspecified atom stereocenters. The van der Waals surface area contributed by atoms with Gasteiger partial charge in [0.15, 0.2) is 5.69 Å². The number of ether oxygens (including phenoxy) is 1. The van der Waals surface area contributed by atoms with Crippen LogP contribution in [0, 0.1) is 0 Å². The number of hydrogen-bond donors (Lipinski definition) is 2. The van der Waals surface area contributed by atoms with Crippen LogP contribution in [0.15, 0.2) is 6.07 Å². The van der Waals surface area contributed by atoms with Gasteiger partial charge in [0, 0.05) is 26.3 Å². The summed E-state index contributed by atoms with van der Waals surface area (Å²) in [6, 6.07) is 0.888. The van der Waals surface area contributed by atoms with Crippen LogP contribution < -0.4 is 10.6 Å². The van der Waals surface area contributed by atoms with Gasteiger partial charge in [-0.3, -0.25) is 0 Å². The maximum atomic E-state index is 12.8. The minimum atomic E-state index is -4.51. The van der Waals surface area contributed by atoms with Gasteiger partial charge in [0.25, 0.3) is 0 Å². The molecule has 1 rings (SSSR count). The predicted octanol–water partition coefficient (Wildman–Crippen LogP) is 2.76. The van der Waals surface area contributed by atoms with Crippen molar-refractivity contribution in [2.24, 2.45) is 0 Å². The van der Waals surface area contributed by atoms with Gasteiger partial charge in [0.2, 0.25) is 5.95 Å². The Labute approximate surface area is 116 Å². The van der Waals surface area contributed by atoms with Crippen LogP contribution in [0.3, 0.4) is 0 Å². The van der Waals surface area contributed by atoms with Crippen molar-refractivity contribution in [2.75, 3.05) is 30.8 Å². The SMILES string of the molecule is CCCNc1nc(NCC(C)OC)cc(C(F)(F)F)n1. The number of rotatable bonds is 7. The Kier molecular flexibility index (Phi) is 6.00. The van der Waals surface area contributed by atoms with E-state index < -0.39 is 11.9 Å². The zero-order valence-electron chi connectivity index (χ0n) is 11.7. The first-order valence-electron chi connectivity index (χ1n) is 6.33.